The number of nitrogens with two attached hydrogens (primary N) is 1. The lowest BCUT2D eigenvalue weighted by Crippen LogP contribution is -2.34. The van der Waals surface area contributed by atoms with Crippen LogP contribution >= 0.6 is 0 Å². The minimum Gasteiger partial charge on any atom is -0.347 e. The first-order valence-corrected chi connectivity index (χ1v) is 5.59. The SMILES string of the molecule is Cn1cnnc1CNC(=O)[C@H](N)c1ccccc1. The maximum atomic E-state index is 11.9. The van der Waals surface area contributed by atoms with Crippen LogP contribution in [0.1, 0.15) is 17.4 Å². The number of carbonyl (C=O) groups excluding carboxylic acids is 1. The van der Waals surface area contributed by atoms with Crippen molar-refractivity contribution in [2.75, 3.05) is 0 Å². The summed E-state index contributed by atoms with van der Waals surface area (Å²) in [4.78, 5) is 11.9. The molecule has 0 saturated carbocycles. The Kier molecular flexibility index (Phi) is 3.69. The van der Waals surface area contributed by atoms with Gasteiger partial charge in [-0.15, -0.1) is 10.2 Å². The summed E-state index contributed by atoms with van der Waals surface area (Å²) in [5.41, 5.74) is 6.65. The largest absolute Gasteiger partial charge is 0.347 e. The van der Waals surface area contributed by atoms with Gasteiger partial charge in [-0.05, 0) is 5.56 Å². The number of nitrogens with one attached hydrogen (secondary N) is 1. The van der Waals surface area contributed by atoms with Gasteiger partial charge < -0.3 is 15.6 Å². The highest BCUT2D eigenvalue weighted by molar-refractivity contribution is 5.82. The van der Waals surface area contributed by atoms with Gasteiger partial charge in [0.25, 0.3) is 0 Å². The molecule has 0 aliphatic carbocycles. The average Bonchev–Trinajstić information content (AvgIpc) is 2.81. The quantitative estimate of drug-likeness (QED) is 0.801. The Morgan fingerprint density at radius 1 is 1.44 bits per heavy atom. The fraction of sp³-hybridized carbons (Fsp3) is 0.250. The van der Waals surface area contributed by atoms with Crippen molar-refractivity contribution < 1.29 is 4.79 Å². The summed E-state index contributed by atoms with van der Waals surface area (Å²) < 4.78 is 1.74. The van der Waals surface area contributed by atoms with Crippen LogP contribution in [0.2, 0.25) is 0 Å². The highest BCUT2D eigenvalue weighted by atomic mass is 16.2. The van der Waals surface area contributed by atoms with E-state index in [1.807, 2.05) is 37.4 Å². The van der Waals surface area contributed by atoms with E-state index < -0.39 is 6.04 Å². The molecular formula is C12H15N5O. The van der Waals surface area contributed by atoms with E-state index in [0.717, 1.165) is 5.56 Å². The molecule has 0 bridgehead atoms. The zero-order valence-electron chi connectivity index (χ0n) is 10.1. The van der Waals surface area contributed by atoms with E-state index >= 15 is 0 Å². The van der Waals surface area contributed by atoms with E-state index in [1.165, 1.54) is 0 Å². The second-order valence-electron chi connectivity index (χ2n) is 3.96. The Bertz CT molecular complexity index is 522. The Morgan fingerprint density at radius 3 is 2.78 bits per heavy atom. The molecule has 3 N–H and O–H groups in total. The van der Waals surface area contributed by atoms with Gasteiger partial charge in [0.2, 0.25) is 5.91 Å². The number of nitrogens with zero attached hydrogens (tertiary/aromatic N) is 3. The molecule has 0 fully saturated rings. The van der Waals surface area contributed by atoms with Gasteiger partial charge in [0.15, 0.2) is 5.82 Å². The number of carbonyl (C=O) groups is 1. The van der Waals surface area contributed by atoms with Crippen molar-refractivity contribution in [1.29, 1.82) is 0 Å². The predicted molar refractivity (Wildman–Crippen MR) is 66.2 cm³/mol. The Hall–Kier alpha value is -2.21. The van der Waals surface area contributed by atoms with Gasteiger partial charge in [-0.25, -0.2) is 0 Å². The number of aryl methyl sites for hydroxylation is 1. The Labute approximate surface area is 105 Å². The predicted octanol–water partition coefficient (Wildman–Crippen LogP) is 0.131. The molecule has 0 spiro atoms. The molecule has 0 saturated heterocycles. The number of aromatic nitrogens is 3. The molecule has 0 aliphatic heterocycles. The van der Waals surface area contributed by atoms with E-state index in [-0.39, 0.29) is 5.91 Å². The third-order valence-corrected chi connectivity index (χ3v) is 2.67. The summed E-state index contributed by atoms with van der Waals surface area (Å²) in [5.74, 6) is 0.452. The average molecular weight is 245 g/mol. The van der Waals surface area contributed by atoms with E-state index in [4.69, 9.17) is 5.73 Å². The van der Waals surface area contributed by atoms with Crippen molar-refractivity contribution in [1.82, 2.24) is 20.1 Å². The highest BCUT2D eigenvalue weighted by Crippen LogP contribution is 2.09. The summed E-state index contributed by atoms with van der Waals surface area (Å²) >= 11 is 0. The maximum absolute atomic E-state index is 11.9. The zero-order chi connectivity index (χ0) is 13.0. The van der Waals surface area contributed by atoms with Crippen molar-refractivity contribution in [3.05, 3.63) is 48.0 Å². The highest BCUT2D eigenvalue weighted by Gasteiger charge is 2.15. The second kappa shape index (κ2) is 5.42. The van der Waals surface area contributed by atoms with Gasteiger partial charge in [-0.2, -0.15) is 0 Å². The molecule has 18 heavy (non-hydrogen) atoms. The number of benzene rings is 1. The van der Waals surface area contributed by atoms with E-state index in [1.54, 1.807) is 10.9 Å². The van der Waals surface area contributed by atoms with Gasteiger partial charge in [-0.1, -0.05) is 30.3 Å². The van der Waals surface area contributed by atoms with Crippen LogP contribution in [-0.2, 0) is 18.4 Å². The topological polar surface area (TPSA) is 85.8 Å². The molecule has 1 amide bonds. The lowest BCUT2D eigenvalue weighted by molar-refractivity contribution is -0.122. The summed E-state index contributed by atoms with van der Waals surface area (Å²) in [6, 6.07) is 8.57. The summed E-state index contributed by atoms with van der Waals surface area (Å²) in [5, 5.41) is 10.3. The van der Waals surface area contributed by atoms with Crippen LogP contribution in [0.15, 0.2) is 36.7 Å². The molecule has 94 valence electrons. The smallest absolute Gasteiger partial charge is 0.241 e. The Morgan fingerprint density at radius 2 is 2.17 bits per heavy atom. The van der Waals surface area contributed by atoms with Crippen LogP contribution in [0.4, 0.5) is 0 Å². The molecule has 2 aromatic rings. The number of hydrogen-bond acceptors (Lipinski definition) is 4. The number of amides is 1. The molecule has 1 aromatic carbocycles. The zero-order valence-corrected chi connectivity index (χ0v) is 10.1. The molecule has 0 unspecified atom stereocenters. The normalized spacial score (nSPS) is 12.1. The first-order valence-electron chi connectivity index (χ1n) is 5.59. The van der Waals surface area contributed by atoms with Crippen LogP contribution in [0.3, 0.4) is 0 Å². The molecule has 0 radical (unpaired) electrons. The van der Waals surface area contributed by atoms with Crippen molar-refractivity contribution >= 4 is 5.91 Å². The van der Waals surface area contributed by atoms with Gasteiger partial charge >= 0.3 is 0 Å². The first kappa shape index (κ1) is 12.3. The molecule has 1 aromatic heterocycles. The molecular weight excluding hydrogens is 230 g/mol. The summed E-state index contributed by atoms with van der Waals surface area (Å²) in [6.45, 7) is 0.315. The van der Waals surface area contributed by atoms with E-state index in [2.05, 4.69) is 15.5 Å². The third kappa shape index (κ3) is 2.72. The van der Waals surface area contributed by atoms with Crippen LogP contribution in [0.5, 0.6) is 0 Å². The monoisotopic (exact) mass is 245 g/mol. The summed E-state index contributed by atoms with van der Waals surface area (Å²) in [6.07, 6.45) is 1.58. The van der Waals surface area contributed by atoms with Crippen LogP contribution in [-0.4, -0.2) is 20.7 Å². The molecule has 0 aliphatic rings. The van der Waals surface area contributed by atoms with Gasteiger partial charge in [-0.3, -0.25) is 4.79 Å². The molecule has 6 nitrogen and oxygen atoms in total. The molecule has 2 rings (SSSR count). The van der Waals surface area contributed by atoms with Crippen LogP contribution in [0.25, 0.3) is 0 Å². The minimum absolute atomic E-state index is 0.232. The van der Waals surface area contributed by atoms with Crippen LogP contribution in [0, 0.1) is 0 Å². The van der Waals surface area contributed by atoms with E-state index in [9.17, 15) is 4.79 Å². The lowest BCUT2D eigenvalue weighted by atomic mass is 10.1. The van der Waals surface area contributed by atoms with E-state index in [0.29, 0.717) is 12.4 Å². The molecule has 1 heterocycles. The van der Waals surface area contributed by atoms with Crippen molar-refractivity contribution in [2.24, 2.45) is 12.8 Å². The number of hydrogen-bond donors (Lipinski definition) is 2. The lowest BCUT2D eigenvalue weighted by Gasteiger charge is -2.12. The number of rotatable bonds is 4. The fourth-order valence-electron chi connectivity index (χ4n) is 1.56. The van der Waals surface area contributed by atoms with Crippen molar-refractivity contribution in [3.63, 3.8) is 0 Å². The molecule has 6 heteroatoms. The van der Waals surface area contributed by atoms with Gasteiger partial charge in [0.1, 0.15) is 12.4 Å². The second-order valence-corrected chi connectivity index (χ2v) is 3.96. The fourth-order valence-corrected chi connectivity index (χ4v) is 1.56. The van der Waals surface area contributed by atoms with Crippen LogP contribution < -0.4 is 11.1 Å². The molecule has 1 atom stereocenters. The maximum Gasteiger partial charge on any atom is 0.241 e. The van der Waals surface area contributed by atoms with Gasteiger partial charge in [0.05, 0.1) is 6.54 Å². The minimum atomic E-state index is -0.667. The van der Waals surface area contributed by atoms with Gasteiger partial charge in [0, 0.05) is 7.05 Å². The van der Waals surface area contributed by atoms with Crippen molar-refractivity contribution in [3.8, 4) is 0 Å². The first-order chi connectivity index (χ1) is 8.68. The van der Waals surface area contributed by atoms with Crippen molar-refractivity contribution in [2.45, 2.75) is 12.6 Å². The Balaban J connectivity index is 1.95. The standard InChI is InChI=1S/C12H15N5O/c1-17-8-15-16-10(17)7-14-12(18)11(13)9-5-3-2-4-6-9/h2-6,8,11H,7,13H2,1H3,(H,14,18)/t11-/m1/s1. The summed E-state index contributed by atoms with van der Waals surface area (Å²) in [7, 11) is 1.82. The third-order valence-electron chi connectivity index (χ3n) is 2.67.